The number of aliphatic carboxylic acids is 1. The highest BCUT2D eigenvalue weighted by molar-refractivity contribution is 5.79. The smallest absolute Gasteiger partial charge is 0.479 e. The van der Waals surface area contributed by atoms with E-state index in [1.54, 1.807) is 43.3 Å². The van der Waals surface area contributed by atoms with E-state index in [0.29, 0.717) is 45.5 Å². The number of hydrogen-bond acceptors (Lipinski definition) is 28. The number of hydrogen-bond donors (Lipinski definition) is 7. The van der Waals surface area contributed by atoms with Crippen LogP contribution < -0.4 is 20.9 Å². The number of carbonyl (C=O) groups excluding carboxylic acids is 2. The third-order valence-corrected chi connectivity index (χ3v) is 18.3. The van der Waals surface area contributed by atoms with Crippen LogP contribution in [0.2, 0.25) is 0 Å². The van der Waals surface area contributed by atoms with Gasteiger partial charge in [0.15, 0.2) is 55.9 Å². The van der Waals surface area contributed by atoms with E-state index in [9.17, 15) is 39.9 Å². The zero-order chi connectivity index (χ0) is 73.0. The fourth-order valence-electron chi connectivity index (χ4n) is 12.4. The van der Waals surface area contributed by atoms with Gasteiger partial charge < -0.3 is 127 Å². The minimum atomic E-state index is -2.60. The molecule has 576 valence electrons. The standard InChI is InChI=1S/C72H116N2O27/c1-10-17-34-83-41-46-54(84-35-18-11-2)55(85-36-19-12-3)59(88-39-22-15-6)69(95-46)90-42-47-53(97-67-48(73)50(75)52(43(8)91-67)96-70-60(89-40-23-16-7)57(87-38-21-14-5)56(86-37-20-13-4)58(98-70)64(77)78)51(76)49(74)68(94-47)99-61-62(101-71(81)93-45-32-28-25-29-33-45)72(9,82)63(100-65(61)79)66(80)92-44-30-26-24-27-31-44/h24-33,43,46-63,65,67-70,75-76,79,82H,10-23,34-42,73-74H2,1-9H3,(H,77,78)/t43?,46?,47?,48-,49-,50?,51?,52+,53+,54+,55?,56+,57?,58?,59-,60-,61?,62+,63?,65+,67-,68-,69+,70+,72-/m0/s1. The first-order valence-corrected chi connectivity index (χ1v) is 36.6. The number of para-hydroxylation sites is 2. The summed E-state index contributed by atoms with van der Waals surface area (Å²) in [6, 6.07) is 12.5. The topological polar surface area (TPSA) is 380 Å². The lowest BCUT2D eigenvalue weighted by Crippen LogP contribution is -2.71. The highest BCUT2D eigenvalue weighted by Crippen LogP contribution is 2.40. The molecule has 7 rings (SSSR count). The quantitative estimate of drug-likeness (QED) is 0.0170. The Morgan fingerprint density at radius 2 is 0.891 bits per heavy atom. The number of aliphatic hydroxyl groups is 4. The summed E-state index contributed by atoms with van der Waals surface area (Å²) in [6.07, 6.45) is -22.4. The van der Waals surface area contributed by atoms with Crippen LogP contribution in [0.15, 0.2) is 60.7 Å². The molecule has 2 aromatic rings. The average molecular weight is 1440 g/mol. The summed E-state index contributed by atoms with van der Waals surface area (Å²) in [7, 11) is 0. The maximum absolute atomic E-state index is 14.0. The number of ether oxygens (including phenoxy) is 19. The van der Waals surface area contributed by atoms with Crippen LogP contribution in [0.4, 0.5) is 4.79 Å². The number of carboxylic acid groups (broad SMARTS) is 1. The second kappa shape index (κ2) is 43.4. The summed E-state index contributed by atoms with van der Waals surface area (Å²) in [6.45, 7) is 18.5. The molecular weight excluding hydrogens is 1320 g/mol. The molecule has 5 aliphatic rings. The molecule has 10 unspecified atom stereocenters. The third kappa shape index (κ3) is 23.6. The van der Waals surface area contributed by atoms with Crippen molar-refractivity contribution in [1.29, 1.82) is 0 Å². The lowest BCUT2D eigenvalue weighted by atomic mass is 9.85. The normalized spacial score (nSPS) is 35.2. The van der Waals surface area contributed by atoms with Crippen LogP contribution in [-0.4, -0.2) is 256 Å². The van der Waals surface area contributed by atoms with Crippen LogP contribution in [-0.2, 0) is 90.1 Å². The van der Waals surface area contributed by atoms with Crippen molar-refractivity contribution in [3.63, 3.8) is 0 Å². The summed E-state index contributed by atoms with van der Waals surface area (Å²) in [5.41, 5.74) is 11.3. The molecule has 5 fully saturated rings. The van der Waals surface area contributed by atoms with Gasteiger partial charge in [0, 0.05) is 46.2 Å². The minimum absolute atomic E-state index is 0.0356. The summed E-state index contributed by atoms with van der Waals surface area (Å²) in [5, 5.41) is 60.3. The van der Waals surface area contributed by atoms with Gasteiger partial charge in [-0.25, -0.2) is 14.4 Å². The molecule has 0 spiro atoms. The lowest BCUT2D eigenvalue weighted by molar-refractivity contribution is -0.378. The minimum Gasteiger partial charge on any atom is -0.479 e. The van der Waals surface area contributed by atoms with Crippen LogP contribution in [0.3, 0.4) is 0 Å². The van der Waals surface area contributed by atoms with Gasteiger partial charge in [-0.15, -0.1) is 0 Å². The molecule has 0 aliphatic carbocycles. The van der Waals surface area contributed by atoms with Gasteiger partial charge in [-0.05, 0) is 83.1 Å². The van der Waals surface area contributed by atoms with E-state index < -0.39 is 178 Å². The molecule has 0 saturated carbocycles. The molecule has 5 heterocycles. The SMILES string of the molecule is CCCCOCC1O[C@@H](OCC2O[C@@H](OC3[C@H](O)OC(C(=O)Oc4ccccc4)[C@@](C)(O)[C@@H]3OC(=O)Oc3ccccc3)[C@@H](N)C(O)[C@@H]2O[C@@H]2OC(C)[C@@H](O[C@@H]3OC(C(=O)O)[C@H](OCCCC)C(OCCCC)[C@@H]3OCCCC)C(O)[C@@H]2N)[C@@H](OCCCC)C(OCCCC)[C@@H]1OCCCC. The fourth-order valence-corrected chi connectivity index (χ4v) is 12.4. The first kappa shape index (κ1) is 84.0. The van der Waals surface area contributed by atoms with E-state index in [2.05, 4.69) is 13.8 Å². The number of unbranched alkanes of at least 4 members (excludes halogenated alkanes) is 7. The van der Waals surface area contributed by atoms with Crippen molar-refractivity contribution in [2.24, 2.45) is 11.5 Å². The van der Waals surface area contributed by atoms with E-state index in [4.69, 9.17) is 101 Å². The monoisotopic (exact) mass is 1440 g/mol. The van der Waals surface area contributed by atoms with E-state index in [-0.39, 0.29) is 44.5 Å². The Kier molecular flexibility index (Phi) is 36.1. The van der Waals surface area contributed by atoms with Crippen molar-refractivity contribution < 1.29 is 130 Å². The molecule has 25 atom stereocenters. The van der Waals surface area contributed by atoms with E-state index in [1.807, 2.05) is 34.6 Å². The second-order valence-electron chi connectivity index (χ2n) is 26.5. The molecule has 0 amide bonds. The summed E-state index contributed by atoms with van der Waals surface area (Å²) < 4.78 is 121. The van der Waals surface area contributed by atoms with Crippen LogP contribution in [0.25, 0.3) is 0 Å². The summed E-state index contributed by atoms with van der Waals surface area (Å²) in [4.78, 5) is 40.9. The van der Waals surface area contributed by atoms with Crippen molar-refractivity contribution in [2.75, 3.05) is 59.5 Å². The van der Waals surface area contributed by atoms with E-state index in [0.717, 1.165) is 71.1 Å². The molecule has 101 heavy (non-hydrogen) atoms. The maximum Gasteiger partial charge on any atom is 0.514 e. The molecule has 29 heteroatoms. The lowest BCUT2D eigenvalue weighted by Gasteiger charge is -2.51. The van der Waals surface area contributed by atoms with Gasteiger partial charge in [0.1, 0.15) is 90.3 Å². The highest BCUT2D eigenvalue weighted by atomic mass is 16.8. The Morgan fingerprint density at radius 3 is 1.43 bits per heavy atom. The predicted molar refractivity (Wildman–Crippen MR) is 361 cm³/mol. The van der Waals surface area contributed by atoms with Crippen molar-refractivity contribution in [1.82, 2.24) is 0 Å². The molecule has 5 aliphatic heterocycles. The maximum atomic E-state index is 14.0. The number of rotatable bonds is 43. The number of carbonyl (C=O) groups is 3. The zero-order valence-corrected chi connectivity index (χ0v) is 60.3. The largest absolute Gasteiger partial charge is 0.514 e. The van der Waals surface area contributed by atoms with E-state index in [1.165, 1.54) is 24.3 Å². The molecule has 0 aromatic heterocycles. The second-order valence-corrected chi connectivity index (χ2v) is 26.5. The predicted octanol–water partition coefficient (Wildman–Crippen LogP) is 6.13. The Labute approximate surface area is 594 Å². The van der Waals surface area contributed by atoms with Gasteiger partial charge in [-0.2, -0.15) is 0 Å². The van der Waals surface area contributed by atoms with Gasteiger partial charge in [0.25, 0.3) is 0 Å². The molecule has 0 radical (unpaired) electrons. The summed E-state index contributed by atoms with van der Waals surface area (Å²) >= 11 is 0. The van der Waals surface area contributed by atoms with Gasteiger partial charge in [0.05, 0.1) is 31.4 Å². The number of nitrogens with two attached hydrogens (primary N) is 2. The Balaban J connectivity index is 1.24. The third-order valence-electron chi connectivity index (χ3n) is 18.3. The molecule has 29 nitrogen and oxygen atoms in total. The van der Waals surface area contributed by atoms with Crippen molar-refractivity contribution >= 4 is 18.1 Å². The first-order valence-electron chi connectivity index (χ1n) is 36.6. The Morgan fingerprint density at radius 1 is 0.465 bits per heavy atom. The number of carboxylic acids is 1. The van der Waals surface area contributed by atoms with E-state index >= 15 is 0 Å². The number of aliphatic hydroxyl groups excluding tert-OH is 3. The van der Waals surface area contributed by atoms with Crippen molar-refractivity contribution in [3.05, 3.63) is 60.7 Å². The molecule has 2 aromatic carbocycles. The average Bonchev–Trinajstić information content (AvgIpc) is 0.720. The molecule has 9 N–H and O–H groups in total. The molecule has 0 bridgehead atoms. The highest BCUT2D eigenvalue weighted by Gasteiger charge is 2.62. The number of benzene rings is 2. The van der Waals surface area contributed by atoms with Crippen LogP contribution in [0.5, 0.6) is 11.5 Å². The van der Waals surface area contributed by atoms with Crippen molar-refractivity contribution in [3.8, 4) is 11.5 Å². The van der Waals surface area contributed by atoms with Crippen LogP contribution in [0.1, 0.15) is 152 Å². The van der Waals surface area contributed by atoms with Gasteiger partial charge in [-0.1, -0.05) is 130 Å². The van der Waals surface area contributed by atoms with Gasteiger partial charge in [0.2, 0.25) is 0 Å². The first-order chi connectivity index (χ1) is 48.8. The molecular formula is C72H116N2O27. The van der Waals surface area contributed by atoms with Crippen molar-refractivity contribution in [2.45, 2.75) is 305 Å². The summed E-state index contributed by atoms with van der Waals surface area (Å²) in [5.74, 6) is -2.42. The van der Waals surface area contributed by atoms with Crippen LogP contribution >= 0.6 is 0 Å². The van der Waals surface area contributed by atoms with Gasteiger partial charge in [-0.3, -0.25) is 0 Å². The van der Waals surface area contributed by atoms with Crippen LogP contribution in [0, 0.1) is 0 Å². The van der Waals surface area contributed by atoms with Gasteiger partial charge >= 0.3 is 18.1 Å². The zero-order valence-electron chi connectivity index (χ0n) is 60.3. The Hall–Kier alpha value is -4.23. The fraction of sp³-hybridized carbons (Fsp3) is 0.792. The molecule has 5 saturated heterocycles. The number of esters is 1. The Bertz CT molecular complexity index is 2640.